The van der Waals surface area contributed by atoms with E-state index in [1.807, 2.05) is 7.05 Å². The van der Waals surface area contributed by atoms with Gasteiger partial charge in [0.05, 0.1) is 9.48 Å². The third-order valence-electron chi connectivity index (χ3n) is 2.71. The van der Waals surface area contributed by atoms with Gasteiger partial charge in [0.25, 0.3) is 0 Å². The van der Waals surface area contributed by atoms with Gasteiger partial charge in [0.1, 0.15) is 5.01 Å². The number of hydrogen-bond donors (Lipinski definition) is 1. The fourth-order valence-corrected chi connectivity index (χ4v) is 4.42. The highest BCUT2D eigenvalue weighted by Crippen LogP contribution is 2.38. The third-order valence-corrected chi connectivity index (χ3v) is 5.53. The Morgan fingerprint density at radius 1 is 1.33 bits per heavy atom. The summed E-state index contributed by atoms with van der Waals surface area (Å²) in [4.78, 5) is 4.71. The molecule has 0 amide bonds. The van der Waals surface area contributed by atoms with Gasteiger partial charge in [-0.2, -0.15) is 0 Å². The Labute approximate surface area is 122 Å². The zero-order chi connectivity index (χ0) is 12.5. The van der Waals surface area contributed by atoms with E-state index in [4.69, 9.17) is 4.98 Å². The van der Waals surface area contributed by atoms with E-state index in [1.165, 1.54) is 15.6 Å². The van der Waals surface area contributed by atoms with Gasteiger partial charge in [-0.1, -0.05) is 18.2 Å². The average Bonchev–Trinajstić information content (AvgIpc) is 2.94. The Morgan fingerprint density at radius 2 is 2.17 bits per heavy atom. The molecule has 0 fully saturated rings. The Morgan fingerprint density at radius 3 is 3.00 bits per heavy atom. The normalized spacial score (nSPS) is 11.2. The smallest absolute Gasteiger partial charge is 0.126 e. The van der Waals surface area contributed by atoms with Gasteiger partial charge in [0, 0.05) is 27.6 Å². The van der Waals surface area contributed by atoms with Crippen LogP contribution in [0.4, 0.5) is 0 Å². The maximum Gasteiger partial charge on any atom is 0.126 e. The van der Waals surface area contributed by atoms with E-state index in [0.29, 0.717) is 0 Å². The van der Waals surface area contributed by atoms with Crippen LogP contribution in [0.2, 0.25) is 0 Å². The number of rotatable bonds is 3. The zero-order valence-corrected chi connectivity index (χ0v) is 13.0. The minimum Gasteiger partial charge on any atom is -0.314 e. The molecule has 0 saturated carbocycles. The number of hydrogen-bond acceptors (Lipinski definition) is 4. The summed E-state index contributed by atoms with van der Waals surface area (Å²) < 4.78 is 2.43. The Balaban J connectivity index is 2.11. The molecule has 3 rings (SSSR count). The highest BCUT2D eigenvalue weighted by atomic mass is 79.9. The van der Waals surface area contributed by atoms with Crippen LogP contribution in [-0.2, 0) is 6.54 Å². The van der Waals surface area contributed by atoms with Gasteiger partial charge in [-0.05, 0) is 29.0 Å². The van der Waals surface area contributed by atoms with E-state index in [2.05, 4.69) is 50.9 Å². The van der Waals surface area contributed by atoms with E-state index in [-0.39, 0.29) is 0 Å². The fourth-order valence-electron chi connectivity index (χ4n) is 1.87. The largest absolute Gasteiger partial charge is 0.314 e. The summed E-state index contributed by atoms with van der Waals surface area (Å²) in [5.74, 6) is 0. The predicted molar refractivity (Wildman–Crippen MR) is 83.4 cm³/mol. The van der Waals surface area contributed by atoms with Crippen molar-refractivity contribution in [1.82, 2.24) is 10.3 Å². The molecule has 0 spiro atoms. The number of aromatic nitrogens is 1. The van der Waals surface area contributed by atoms with Crippen LogP contribution in [0.25, 0.3) is 20.7 Å². The molecule has 1 aromatic carbocycles. The van der Waals surface area contributed by atoms with Crippen LogP contribution in [0.15, 0.2) is 33.4 Å². The first-order valence-corrected chi connectivity index (χ1v) is 8.05. The molecular weight excluding hydrogens is 328 g/mol. The van der Waals surface area contributed by atoms with E-state index in [9.17, 15) is 0 Å². The number of benzene rings is 1. The van der Waals surface area contributed by atoms with Crippen LogP contribution >= 0.6 is 38.6 Å². The topological polar surface area (TPSA) is 24.9 Å². The summed E-state index contributed by atoms with van der Waals surface area (Å²) in [5.41, 5.74) is 2.32. The van der Waals surface area contributed by atoms with Crippen LogP contribution in [-0.4, -0.2) is 12.0 Å². The lowest BCUT2D eigenvalue weighted by Crippen LogP contribution is -2.05. The quantitative estimate of drug-likeness (QED) is 0.760. The molecule has 0 atom stereocenters. The molecule has 2 heterocycles. The van der Waals surface area contributed by atoms with Gasteiger partial charge >= 0.3 is 0 Å². The summed E-state index contributed by atoms with van der Waals surface area (Å²) in [6.07, 6.45) is 0. The van der Waals surface area contributed by atoms with Crippen LogP contribution in [0.5, 0.6) is 0 Å². The maximum atomic E-state index is 4.71. The van der Waals surface area contributed by atoms with Gasteiger partial charge in [0.15, 0.2) is 0 Å². The second-order valence-electron chi connectivity index (χ2n) is 3.92. The molecular formula is C13H11BrN2S2. The maximum absolute atomic E-state index is 4.71. The Hall–Kier alpha value is -0.750. The van der Waals surface area contributed by atoms with Crippen molar-refractivity contribution in [2.45, 2.75) is 6.54 Å². The van der Waals surface area contributed by atoms with Gasteiger partial charge < -0.3 is 5.32 Å². The highest BCUT2D eigenvalue weighted by molar-refractivity contribution is 9.11. The molecule has 2 nitrogen and oxygen atoms in total. The van der Waals surface area contributed by atoms with Crippen LogP contribution in [0, 0.1) is 0 Å². The number of nitrogens with one attached hydrogen (secondary N) is 1. The van der Waals surface area contributed by atoms with Crippen LogP contribution in [0.3, 0.4) is 0 Å². The summed E-state index contributed by atoms with van der Waals surface area (Å²) in [5, 5.41) is 7.71. The molecule has 92 valence electrons. The SMILES string of the molecule is CNCc1nc(-c2csc3ccccc23)sc1Br. The van der Waals surface area contributed by atoms with Crippen molar-refractivity contribution in [2.75, 3.05) is 7.05 Å². The lowest BCUT2D eigenvalue weighted by molar-refractivity contribution is 0.795. The lowest BCUT2D eigenvalue weighted by atomic mass is 10.2. The molecule has 0 aliphatic rings. The van der Waals surface area contributed by atoms with Crippen molar-refractivity contribution in [3.63, 3.8) is 0 Å². The molecule has 0 unspecified atom stereocenters. The first kappa shape index (κ1) is 12.3. The van der Waals surface area contributed by atoms with E-state index in [1.54, 1.807) is 22.7 Å². The van der Waals surface area contributed by atoms with Crippen molar-refractivity contribution in [2.24, 2.45) is 0 Å². The molecule has 0 radical (unpaired) electrons. The van der Waals surface area contributed by atoms with Crippen molar-refractivity contribution in [1.29, 1.82) is 0 Å². The minimum absolute atomic E-state index is 0.791. The average molecular weight is 339 g/mol. The van der Waals surface area contributed by atoms with E-state index in [0.717, 1.165) is 21.0 Å². The third kappa shape index (κ3) is 2.12. The Bertz CT molecular complexity index is 687. The summed E-state index contributed by atoms with van der Waals surface area (Å²) in [7, 11) is 1.94. The summed E-state index contributed by atoms with van der Waals surface area (Å²) in [6.45, 7) is 0.791. The second kappa shape index (κ2) is 5.09. The van der Waals surface area contributed by atoms with Gasteiger partial charge in [-0.25, -0.2) is 4.98 Å². The predicted octanol–water partition coefficient (Wildman–Crippen LogP) is 4.51. The molecule has 0 saturated heterocycles. The number of nitrogens with zero attached hydrogens (tertiary/aromatic N) is 1. The number of thiazole rings is 1. The fraction of sp³-hybridized carbons (Fsp3) is 0.154. The second-order valence-corrected chi connectivity index (χ2v) is 7.14. The molecule has 18 heavy (non-hydrogen) atoms. The summed E-state index contributed by atoms with van der Waals surface area (Å²) >= 11 is 7.06. The van der Waals surface area contributed by atoms with Crippen molar-refractivity contribution in [3.05, 3.63) is 39.1 Å². The van der Waals surface area contributed by atoms with Gasteiger partial charge in [-0.3, -0.25) is 0 Å². The highest BCUT2D eigenvalue weighted by Gasteiger charge is 2.13. The molecule has 3 aromatic rings. The van der Waals surface area contributed by atoms with Crippen LogP contribution < -0.4 is 5.32 Å². The minimum atomic E-state index is 0.791. The summed E-state index contributed by atoms with van der Waals surface area (Å²) in [6, 6.07) is 8.47. The lowest BCUT2D eigenvalue weighted by Gasteiger charge is -1.94. The van der Waals surface area contributed by atoms with E-state index >= 15 is 0 Å². The number of halogens is 1. The molecule has 0 aliphatic carbocycles. The molecule has 0 bridgehead atoms. The molecule has 2 aromatic heterocycles. The Kier molecular flexibility index (Phi) is 3.48. The number of fused-ring (bicyclic) bond motifs is 1. The molecule has 1 N–H and O–H groups in total. The van der Waals surface area contributed by atoms with Crippen molar-refractivity contribution < 1.29 is 0 Å². The zero-order valence-electron chi connectivity index (χ0n) is 9.74. The standard InChI is InChI=1S/C13H11BrN2S2/c1-15-6-10-12(14)18-13(16-10)9-7-17-11-5-3-2-4-8(9)11/h2-5,7,15H,6H2,1H3. The first-order valence-electron chi connectivity index (χ1n) is 5.56. The molecule has 0 aliphatic heterocycles. The van der Waals surface area contributed by atoms with Gasteiger partial charge in [-0.15, -0.1) is 22.7 Å². The number of thiophene rings is 1. The molecule has 5 heteroatoms. The van der Waals surface area contributed by atoms with Crippen LogP contribution in [0.1, 0.15) is 5.69 Å². The monoisotopic (exact) mass is 338 g/mol. The first-order chi connectivity index (χ1) is 8.79. The van der Waals surface area contributed by atoms with Crippen molar-refractivity contribution >= 4 is 48.7 Å². The van der Waals surface area contributed by atoms with Crippen molar-refractivity contribution in [3.8, 4) is 10.6 Å². The van der Waals surface area contributed by atoms with Gasteiger partial charge in [0.2, 0.25) is 0 Å². The van der Waals surface area contributed by atoms with E-state index < -0.39 is 0 Å².